The lowest BCUT2D eigenvalue weighted by Crippen LogP contribution is -1.98. The first-order valence-corrected chi connectivity index (χ1v) is 10.0. The van der Waals surface area contributed by atoms with E-state index in [1.807, 2.05) is 31.5 Å². The van der Waals surface area contributed by atoms with Crippen molar-refractivity contribution in [2.45, 2.75) is 39.0 Å². The smallest absolute Gasteiger partial charge is 0.195 e. The van der Waals surface area contributed by atoms with Crippen molar-refractivity contribution < 1.29 is 4.42 Å². The zero-order valence-electron chi connectivity index (χ0n) is 16.1. The summed E-state index contributed by atoms with van der Waals surface area (Å²) in [7, 11) is 0. The summed E-state index contributed by atoms with van der Waals surface area (Å²) in [6, 6.07) is 14.4. The minimum absolute atomic E-state index is 0.716. The van der Waals surface area contributed by atoms with E-state index in [9.17, 15) is 0 Å². The number of hydrogen-bond donors (Lipinski definition) is 0. The second-order valence-corrected chi connectivity index (χ2v) is 7.73. The summed E-state index contributed by atoms with van der Waals surface area (Å²) in [4.78, 5) is 13.9. The fourth-order valence-corrected chi connectivity index (χ4v) is 4.18. The minimum Gasteiger partial charge on any atom is -0.441 e. The van der Waals surface area contributed by atoms with Gasteiger partial charge in [-0.2, -0.15) is 0 Å². The van der Waals surface area contributed by atoms with Crippen LogP contribution in [0.1, 0.15) is 37.3 Å². The highest BCUT2D eigenvalue weighted by Crippen LogP contribution is 2.34. The summed E-state index contributed by atoms with van der Waals surface area (Å²) in [5.41, 5.74) is 4.88. The summed E-state index contributed by atoms with van der Waals surface area (Å²) in [5, 5.41) is 1.12. The van der Waals surface area contributed by atoms with Crippen LogP contribution in [-0.2, 0) is 6.42 Å². The van der Waals surface area contributed by atoms with Crippen LogP contribution in [0.25, 0.3) is 33.5 Å². The van der Waals surface area contributed by atoms with Gasteiger partial charge in [0.15, 0.2) is 11.7 Å². The van der Waals surface area contributed by atoms with Crippen molar-refractivity contribution in [3.8, 4) is 22.6 Å². The maximum atomic E-state index is 6.15. The van der Waals surface area contributed by atoms with Crippen LogP contribution in [0.3, 0.4) is 0 Å². The molecule has 1 aromatic carbocycles. The molecule has 0 aliphatic heterocycles. The molecule has 4 heteroatoms. The van der Waals surface area contributed by atoms with Crippen molar-refractivity contribution in [1.82, 2.24) is 15.0 Å². The summed E-state index contributed by atoms with van der Waals surface area (Å²) in [6.07, 6.45) is 9.86. The van der Waals surface area contributed by atoms with Crippen LogP contribution in [0, 0.1) is 12.8 Å². The highest BCUT2D eigenvalue weighted by atomic mass is 16.4. The third-order valence-electron chi connectivity index (χ3n) is 5.67. The van der Waals surface area contributed by atoms with Crippen molar-refractivity contribution in [3.05, 3.63) is 66.4 Å². The average Bonchev–Trinajstić information content (AvgIpc) is 3.40. The molecule has 1 aliphatic rings. The van der Waals surface area contributed by atoms with Crippen LogP contribution >= 0.6 is 0 Å². The van der Waals surface area contributed by atoms with Crippen molar-refractivity contribution in [2.75, 3.05) is 0 Å². The van der Waals surface area contributed by atoms with Crippen LogP contribution in [0.5, 0.6) is 0 Å². The first kappa shape index (κ1) is 17.1. The Bertz CT molecular complexity index is 1130. The lowest BCUT2D eigenvalue weighted by atomic mass is 10.0. The van der Waals surface area contributed by atoms with Crippen LogP contribution in [0.4, 0.5) is 0 Å². The molecule has 4 nitrogen and oxygen atoms in total. The molecule has 1 fully saturated rings. The van der Waals surface area contributed by atoms with Crippen molar-refractivity contribution in [1.29, 1.82) is 0 Å². The fraction of sp³-hybridized carbons (Fsp3) is 0.292. The number of hydrogen-bond acceptors (Lipinski definition) is 4. The van der Waals surface area contributed by atoms with Crippen LogP contribution in [0.15, 0.2) is 59.3 Å². The number of nitrogens with zero attached hydrogens (tertiary/aromatic N) is 3. The van der Waals surface area contributed by atoms with E-state index in [0.29, 0.717) is 5.92 Å². The standard InChI is InChI=1S/C24H23N3O/c1-16-8-11-20(22-15-26-23(28-22)13-17-5-2-3-6-17)24(27-16)19-10-9-18-7-4-12-25-21(18)14-19/h4,7-12,14-15,17H,2-3,5-6,13H2,1H3. The summed E-state index contributed by atoms with van der Waals surface area (Å²) in [6.45, 7) is 2.01. The molecule has 0 radical (unpaired) electrons. The molecule has 3 aromatic heterocycles. The monoisotopic (exact) mass is 369 g/mol. The summed E-state index contributed by atoms with van der Waals surface area (Å²) >= 11 is 0. The van der Waals surface area contributed by atoms with E-state index >= 15 is 0 Å². The normalized spacial score (nSPS) is 14.8. The second-order valence-electron chi connectivity index (χ2n) is 7.73. The number of rotatable bonds is 4. The molecule has 140 valence electrons. The predicted octanol–water partition coefficient (Wildman–Crippen LogP) is 5.99. The highest BCUT2D eigenvalue weighted by molar-refractivity contribution is 5.87. The Balaban J connectivity index is 1.54. The van der Waals surface area contributed by atoms with Gasteiger partial charge in [-0.1, -0.05) is 31.0 Å². The average molecular weight is 369 g/mol. The lowest BCUT2D eigenvalue weighted by Gasteiger charge is -2.09. The third kappa shape index (κ3) is 3.31. The molecule has 0 bridgehead atoms. The number of aromatic nitrogens is 3. The fourth-order valence-electron chi connectivity index (χ4n) is 4.18. The molecule has 0 N–H and O–H groups in total. The Morgan fingerprint density at radius 2 is 1.93 bits per heavy atom. The first-order valence-electron chi connectivity index (χ1n) is 10.0. The van der Waals surface area contributed by atoms with Gasteiger partial charge in [-0.15, -0.1) is 0 Å². The van der Waals surface area contributed by atoms with E-state index in [4.69, 9.17) is 9.40 Å². The molecule has 28 heavy (non-hydrogen) atoms. The summed E-state index contributed by atoms with van der Waals surface area (Å²) < 4.78 is 6.15. The van der Waals surface area contributed by atoms with Crippen LogP contribution in [0.2, 0.25) is 0 Å². The Morgan fingerprint density at radius 3 is 2.82 bits per heavy atom. The van der Waals surface area contributed by atoms with E-state index in [1.54, 1.807) is 0 Å². The first-order chi connectivity index (χ1) is 13.8. The topological polar surface area (TPSA) is 51.8 Å². The number of aryl methyl sites for hydroxylation is 1. The zero-order valence-corrected chi connectivity index (χ0v) is 16.1. The van der Waals surface area contributed by atoms with Gasteiger partial charge < -0.3 is 4.42 Å². The van der Waals surface area contributed by atoms with Gasteiger partial charge in [0, 0.05) is 34.8 Å². The van der Waals surface area contributed by atoms with E-state index in [0.717, 1.165) is 51.5 Å². The zero-order chi connectivity index (χ0) is 18.9. The van der Waals surface area contributed by atoms with Crippen LogP contribution < -0.4 is 0 Å². The molecular formula is C24H23N3O. The number of fused-ring (bicyclic) bond motifs is 1. The molecule has 0 atom stereocenters. The van der Waals surface area contributed by atoms with Gasteiger partial charge in [0.25, 0.3) is 0 Å². The SMILES string of the molecule is Cc1ccc(-c2cnc(CC3CCCC3)o2)c(-c2ccc3cccnc3c2)n1. The van der Waals surface area contributed by atoms with Crippen molar-refractivity contribution >= 4 is 10.9 Å². The largest absolute Gasteiger partial charge is 0.441 e. The quantitative estimate of drug-likeness (QED) is 0.443. The molecule has 3 heterocycles. The van der Waals surface area contributed by atoms with E-state index < -0.39 is 0 Å². The number of pyridine rings is 2. The van der Waals surface area contributed by atoms with Gasteiger partial charge in [-0.25, -0.2) is 4.98 Å². The maximum absolute atomic E-state index is 6.15. The molecular weight excluding hydrogens is 346 g/mol. The predicted molar refractivity (Wildman–Crippen MR) is 111 cm³/mol. The van der Waals surface area contributed by atoms with Crippen molar-refractivity contribution in [3.63, 3.8) is 0 Å². The molecule has 0 unspecified atom stereocenters. The van der Waals surface area contributed by atoms with E-state index in [1.165, 1.54) is 25.7 Å². The number of oxazole rings is 1. The molecule has 0 saturated heterocycles. The Kier molecular flexibility index (Phi) is 4.40. The van der Waals surface area contributed by atoms with Crippen LogP contribution in [-0.4, -0.2) is 15.0 Å². The molecule has 4 aromatic rings. The number of benzene rings is 1. The van der Waals surface area contributed by atoms with Gasteiger partial charge in [0.1, 0.15) is 0 Å². The van der Waals surface area contributed by atoms with Gasteiger partial charge in [0.05, 0.1) is 17.4 Å². The molecule has 5 rings (SSSR count). The van der Waals surface area contributed by atoms with E-state index in [-0.39, 0.29) is 0 Å². The third-order valence-corrected chi connectivity index (χ3v) is 5.67. The Hall–Kier alpha value is -3.01. The lowest BCUT2D eigenvalue weighted by molar-refractivity contribution is 0.437. The molecule has 1 aliphatic carbocycles. The molecule has 1 saturated carbocycles. The van der Waals surface area contributed by atoms with E-state index in [2.05, 4.69) is 40.3 Å². The van der Waals surface area contributed by atoms with Gasteiger partial charge in [-0.05, 0) is 49.9 Å². The Morgan fingerprint density at radius 1 is 1.04 bits per heavy atom. The second kappa shape index (κ2) is 7.19. The maximum Gasteiger partial charge on any atom is 0.195 e. The summed E-state index contributed by atoms with van der Waals surface area (Å²) in [5.74, 6) is 2.35. The minimum atomic E-state index is 0.716. The Labute approximate surface area is 164 Å². The molecule has 0 amide bonds. The highest BCUT2D eigenvalue weighted by Gasteiger charge is 2.19. The van der Waals surface area contributed by atoms with Gasteiger partial charge >= 0.3 is 0 Å². The van der Waals surface area contributed by atoms with Gasteiger partial charge in [-0.3, -0.25) is 9.97 Å². The molecule has 0 spiro atoms. The van der Waals surface area contributed by atoms with Gasteiger partial charge in [0.2, 0.25) is 0 Å². The van der Waals surface area contributed by atoms with Crippen molar-refractivity contribution in [2.24, 2.45) is 5.92 Å².